The molecule has 322 valence electrons. The fourth-order valence-corrected chi connectivity index (χ4v) is 9.07. The fraction of sp³-hybridized carbons (Fsp3) is 0.900. The first-order valence-electron chi connectivity index (χ1n) is 21.6. The van der Waals surface area contributed by atoms with Crippen molar-refractivity contribution in [1.29, 1.82) is 0 Å². The molecule has 54 heavy (non-hydrogen) atoms. The van der Waals surface area contributed by atoms with Crippen LogP contribution in [0.15, 0.2) is 24.3 Å². The number of allylic oxidation sites excluding steroid dienone is 2. The van der Waals surface area contributed by atoms with Gasteiger partial charge in [0.05, 0.1) is 38.8 Å². The number of hydrogen-bond acceptors (Lipinski definition) is 12. The second-order valence-electron chi connectivity index (χ2n) is 14.2. The molecule has 2 atom stereocenters. The first-order chi connectivity index (χ1) is 26.3. The number of nitrogens with zero attached hydrogens (tertiary/aromatic N) is 2. The molecule has 0 heterocycles. The first-order valence-corrected chi connectivity index (χ1v) is 25.1. The second kappa shape index (κ2) is 39.4. The van der Waals surface area contributed by atoms with Crippen LogP contribution in [0.2, 0.25) is 0 Å². The van der Waals surface area contributed by atoms with Gasteiger partial charge < -0.3 is 50.8 Å². The van der Waals surface area contributed by atoms with Gasteiger partial charge in [-0.1, -0.05) is 76.7 Å². The van der Waals surface area contributed by atoms with E-state index in [0.717, 1.165) is 90.4 Å². The van der Waals surface area contributed by atoms with Crippen LogP contribution in [0.4, 0.5) is 0 Å². The minimum atomic E-state index is -3.28. The van der Waals surface area contributed by atoms with Gasteiger partial charge in [0.1, 0.15) is 0 Å². The highest BCUT2D eigenvalue weighted by atomic mass is 31.2. The first kappa shape index (κ1) is 53.5. The molecule has 0 aliphatic carbocycles. The number of rotatable bonds is 43. The largest absolute Gasteiger partial charge is 0.331 e. The Kier molecular flexibility index (Phi) is 39.0. The lowest BCUT2D eigenvalue weighted by atomic mass is 10.2. The van der Waals surface area contributed by atoms with E-state index in [4.69, 9.17) is 41.0 Å². The van der Waals surface area contributed by atoms with Crippen molar-refractivity contribution < 1.29 is 27.2 Å². The van der Waals surface area contributed by atoms with Gasteiger partial charge in [-0.05, 0) is 129 Å². The van der Waals surface area contributed by atoms with Crippen LogP contribution >= 0.6 is 15.2 Å². The van der Waals surface area contributed by atoms with Gasteiger partial charge >= 0.3 is 15.2 Å². The van der Waals surface area contributed by atoms with Crippen molar-refractivity contribution in [2.24, 2.45) is 22.9 Å². The standard InChI is InChI=1S/C40H86N6O6P2/c1-3-5-7-9-11-13-17-35-49-53(47,39-33-45(29-21-25-41)30-22-26-42)51-37-19-15-16-20-38-52-54(48,50-36-18-14-12-10-8-6-4-2)40-34-46(31-23-27-43)32-24-28-44/h11-14H,3-10,15-44H2,1-2H3/b13-11-,14-12-. The van der Waals surface area contributed by atoms with E-state index in [1.54, 1.807) is 0 Å². The summed E-state index contributed by atoms with van der Waals surface area (Å²) in [5, 5.41) is 0. The molecule has 0 rings (SSSR count). The van der Waals surface area contributed by atoms with Crippen molar-refractivity contribution in [2.45, 2.75) is 129 Å². The van der Waals surface area contributed by atoms with Crippen molar-refractivity contribution in [3.8, 4) is 0 Å². The zero-order valence-electron chi connectivity index (χ0n) is 34.9. The van der Waals surface area contributed by atoms with Crippen molar-refractivity contribution in [3.63, 3.8) is 0 Å². The van der Waals surface area contributed by atoms with E-state index in [0.29, 0.717) is 90.9 Å². The van der Waals surface area contributed by atoms with E-state index in [1.807, 2.05) is 0 Å². The summed E-state index contributed by atoms with van der Waals surface area (Å²) in [7, 11) is -6.56. The molecule has 0 aromatic rings. The van der Waals surface area contributed by atoms with E-state index < -0.39 is 15.2 Å². The van der Waals surface area contributed by atoms with Crippen LogP contribution in [0.5, 0.6) is 0 Å². The van der Waals surface area contributed by atoms with Gasteiger partial charge in [-0.25, -0.2) is 0 Å². The van der Waals surface area contributed by atoms with Gasteiger partial charge in [0.15, 0.2) is 0 Å². The Morgan fingerprint density at radius 3 is 1.07 bits per heavy atom. The van der Waals surface area contributed by atoms with Crippen LogP contribution in [0.1, 0.15) is 129 Å². The van der Waals surface area contributed by atoms with Crippen LogP contribution in [-0.4, -0.2) is 114 Å². The smallest absolute Gasteiger partial charge is 0.330 e. The Balaban J connectivity index is 5.02. The fourth-order valence-electron chi connectivity index (χ4n) is 5.77. The Labute approximate surface area is 332 Å². The summed E-state index contributed by atoms with van der Waals surface area (Å²) in [6, 6.07) is 0. The zero-order chi connectivity index (χ0) is 39.9. The van der Waals surface area contributed by atoms with E-state index in [1.165, 1.54) is 38.5 Å². The van der Waals surface area contributed by atoms with Crippen molar-refractivity contribution in [3.05, 3.63) is 24.3 Å². The molecule has 0 aromatic carbocycles. The summed E-state index contributed by atoms with van der Waals surface area (Å²) in [6.45, 7) is 13.0. The van der Waals surface area contributed by atoms with Gasteiger partial charge in [-0.3, -0.25) is 9.13 Å². The topological polar surface area (TPSA) is 182 Å². The van der Waals surface area contributed by atoms with E-state index >= 15 is 0 Å². The number of unbranched alkanes of at least 4 members (excludes halogenated alkanes) is 9. The van der Waals surface area contributed by atoms with Crippen LogP contribution in [0, 0.1) is 0 Å². The molecule has 0 aromatic heterocycles. The van der Waals surface area contributed by atoms with Gasteiger partial charge in [0.25, 0.3) is 0 Å². The lowest BCUT2D eigenvalue weighted by molar-refractivity contribution is 0.190. The average molecular weight is 809 g/mol. The second-order valence-corrected chi connectivity index (χ2v) is 18.6. The molecule has 0 aliphatic heterocycles. The van der Waals surface area contributed by atoms with Crippen molar-refractivity contribution in [2.75, 3.05) is 104 Å². The van der Waals surface area contributed by atoms with Gasteiger partial charge in [0, 0.05) is 13.1 Å². The molecule has 14 heteroatoms. The normalized spacial score (nSPS) is 14.6. The van der Waals surface area contributed by atoms with E-state index in [2.05, 4.69) is 48.0 Å². The molecule has 12 nitrogen and oxygen atoms in total. The van der Waals surface area contributed by atoms with Crippen molar-refractivity contribution in [1.82, 2.24) is 9.80 Å². The van der Waals surface area contributed by atoms with E-state index in [9.17, 15) is 9.13 Å². The Morgan fingerprint density at radius 1 is 0.407 bits per heavy atom. The molecule has 8 N–H and O–H groups in total. The Morgan fingerprint density at radius 2 is 0.741 bits per heavy atom. The third kappa shape index (κ3) is 33.7. The lowest BCUT2D eigenvalue weighted by Gasteiger charge is -2.25. The quantitative estimate of drug-likeness (QED) is 0.0265. The van der Waals surface area contributed by atoms with Crippen LogP contribution in [0.3, 0.4) is 0 Å². The molecule has 0 saturated heterocycles. The molecular formula is C40H86N6O6P2. The number of hydrogen-bond donors (Lipinski definition) is 4. The monoisotopic (exact) mass is 809 g/mol. The summed E-state index contributed by atoms with van der Waals surface area (Å²) < 4.78 is 51.7. The Hall–Kier alpha value is -0.460. The zero-order valence-corrected chi connectivity index (χ0v) is 36.7. The van der Waals surface area contributed by atoms with Crippen LogP contribution < -0.4 is 22.9 Å². The molecule has 0 saturated carbocycles. The van der Waals surface area contributed by atoms with Crippen LogP contribution in [-0.2, 0) is 27.2 Å². The summed E-state index contributed by atoms with van der Waals surface area (Å²) in [4.78, 5) is 4.52. The summed E-state index contributed by atoms with van der Waals surface area (Å²) >= 11 is 0. The third-order valence-corrected chi connectivity index (χ3v) is 12.9. The molecule has 0 fully saturated rings. The van der Waals surface area contributed by atoms with Crippen molar-refractivity contribution >= 4 is 15.2 Å². The lowest BCUT2D eigenvalue weighted by Crippen LogP contribution is -2.31. The molecular weight excluding hydrogens is 722 g/mol. The highest BCUT2D eigenvalue weighted by Gasteiger charge is 2.27. The van der Waals surface area contributed by atoms with Gasteiger partial charge in [-0.15, -0.1) is 0 Å². The molecule has 0 amide bonds. The molecule has 0 radical (unpaired) electrons. The molecule has 0 aliphatic rings. The summed E-state index contributed by atoms with van der Waals surface area (Å²) in [5.41, 5.74) is 23.1. The minimum absolute atomic E-state index is 0.343. The average Bonchev–Trinajstić information content (AvgIpc) is 3.17. The maximum Gasteiger partial charge on any atom is 0.331 e. The summed E-state index contributed by atoms with van der Waals surface area (Å²) in [6.07, 6.45) is 26.9. The van der Waals surface area contributed by atoms with E-state index in [-0.39, 0.29) is 0 Å². The molecule has 2 unspecified atom stereocenters. The van der Waals surface area contributed by atoms with Gasteiger partial charge in [0.2, 0.25) is 0 Å². The molecule has 0 spiro atoms. The highest BCUT2D eigenvalue weighted by Crippen LogP contribution is 2.49. The maximum absolute atomic E-state index is 13.9. The molecule has 0 bridgehead atoms. The minimum Gasteiger partial charge on any atom is -0.330 e. The third-order valence-electron chi connectivity index (χ3n) is 9.14. The van der Waals surface area contributed by atoms with Crippen LogP contribution in [0.25, 0.3) is 0 Å². The SMILES string of the molecule is CCCCC/C=C\CCOP(=O)(CCN(CCCN)CCCN)OCCCCCCOP(=O)(CCN(CCCN)CCCN)OCC/C=C\CCCCC. The summed E-state index contributed by atoms with van der Waals surface area (Å²) in [5.74, 6) is 0. The predicted molar refractivity (Wildman–Crippen MR) is 231 cm³/mol. The Bertz CT molecular complexity index is 874. The number of nitrogens with two attached hydrogens (primary N) is 4. The maximum atomic E-state index is 13.9. The highest BCUT2D eigenvalue weighted by molar-refractivity contribution is 7.54. The van der Waals surface area contributed by atoms with Gasteiger partial charge in [-0.2, -0.15) is 0 Å². The predicted octanol–water partition coefficient (Wildman–Crippen LogP) is 8.05.